The number of carbonyl (C=O) groups excluding carboxylic acids is 2. The van der Waals surface area contributed by atoms with Gasteiger partial charge in [-0.1, -0.05) is 31.4 Å². The van der Waals surface area contributed by atoms with Crippen molar-refractivity contribution in [3.8, 4) is 0 Å². The molecular weight excluding hydrogens is 318 g/mol. The van der Waals surface area contributed by atoms with Gasteiger partial charge in [0.15, 0.2) is 6.17 Å². The Morgan fingerprint density at radius 2 is 1.92 bits per heavy atom. The van der Waals surface area contributed by atoms with Crippen LogP contribution in [0.25, 0.3) is 0 Å². The van der Waals surface area contributed by atoms with Gasteiger partial charge in [-0.25, -0.2) is 5.01 Å². The molecule has 1 fully saturated rings. The lowest BCUT2D eigenvalue weighted by Crippen LogP contribution is -2.54. The fourth-order valence-electron chi connectivity index (χ4n) is 3.59. The fourth-order valence-corrected chi connectivity index (χ4v) is 3.59. The summed E-state index contributed by atoms with van der Waals surface area (Å²) in [5.74, 6) is 0.216. The molecule has 1 aromatic carbocycles. The van der Waals surface area contributed by atoms with Gasteiger partial charge in [0, 0.05) is 11.6 Å². The number of hydrogen-bond donors (Lipinski definition) is 2. The highest BCUT2D eigenvalue weighted by molar-refractivity contribution is 6.02. The maximum absolute atomic E-state index is 13.0. The number of anilines is 1. The molecule has 25 heavy (non-hydrogen) atoms. The van der Waals surface area contributed by atoms with E-state index in [9.17, 15) is 9.59 Å². The van der Waals surface area contributed by atoms with Crippen molar-refractivity contribution in [1.29, 1.82) is 0 Å². The molecule has 0 spiro atoms. The van der Waals surface area contributed by atoms with Crippen molar-refractivity contribution < 1.29 is 14.0 Å². The molecular formula is C19H21N3O3. The van der Waals surface area contributed by atoms with Crippen LogP contribution in [0.4, 0.5) is 5.69 Å². The standard InChI is InChI=1S/C19H21N3O3/c23-18(13-7-2-1-3-8-13)21-22-17(16-11-6-12-25-16)20-15-10-5-4-9-14(15)19(22)24/h4-6,9-13,17,20H,1-3,7-8H2,(H,21,23). The second-order valence-electron chi connectivity index (χ2n) is 6.59. The number of hydrogen-bond acceptors (Lipinski definition) is 4. The van der Waals surface area contributed by atoms with Crippen molar-refractivity contribution in [3.63, 3.8) is 0 Å². The topological polar surface area (TPSA) is 74.6 Å². The number of nitrogens with zero attached hydrogens (tertiary/aromatic N) is 1. The van der Waals surface area contributed by atoms with Crippen molar-refractivity contribution in [3.05, 3.63) is 54.0 Å². The first-order valence-electron chi connectivity index (χ1n) is 8.77. The van der Waals surface area contributed by atoms with E-state index in [-0.39, 0.29) is 17.7 Å². The Hall–Kier alpha value is -2.76. The van der Waals surface area contributed by atoms with Crippen molar-refractivity contribution in [2.24, 2.45) is 5.92 Å². The monoisotopic (exact) mass is 339 g/mol. The molecule has 1 atom stereocenters. The third-order valence-electron chi connectivity index (χ3n) is 4.95. The highest BCUT2D eigenvalue weighted by atomic mass is 16.3. The third-order valence-corrected chi connectivity index (χ3v) is 4.95. The molecule has 1 unspecified atom stereocenters. The van der Waals surface area contributed by atoms with E-state index in [2.05, 4.69) is 10.7 Å². The van der Waals surface area contributed by atoms with Gasteiger partial charge in [0.25, 0.3) is 5.91 Å². The van der Waals surface area contributed by atoms with Crippen LogP contribution in [0.1, 0.15) is 54.4 Å². The number of amides is 2. The Morgan fingerprint density at radius 1 is 1.12 bits per heavy atom. The molecule has 2 heterocycles. The molecule has 6 heteroatoms. The first kappa shape index (κ1) is 15.7. The average molecular weight is 339 g/mol. The van der Waals surface area contributed by atoms with E-state index in [0.29, 0.717) is 11.3 Å². The zero-order valence-electron chi connectivity index (χ0n) is 13.9. The van der Waals surface area contributed by atoms with E-state index in [1.54, 1.807) is 24.5 Å². The predicted molar refractivity (Wildman–Crippen MR) is 92.4 cm³/mol. The lowest BCUT2D eigenvalue weighted by atomic mass is 9.89. The van der Waals surface area contributed by atoms with Crippen LogP contribution in [0.3, 0.4) is 0 Å². The maximum atomic E-state index is 13.0. The molecule has 0 radical (unpaired) electrons. The first-order chi connectivity index (χ1) is 12.2. The fraction of sp³-hybridized carbons (Fsp3) is 0.368. The van der Waals surface area contributed by atoms with E-state index in [4.69, 9.17) is 4.42 Å². The van der Waals surface area contributed by atoms with Crippen molar-refractivity contribution >= 4 is 17.5 Å². The summed E-state index contributed by atoms with van der Waals surface area (Å²) in [7, 11) is 0. The largest absolute Gasteiger partial charge is 0.465 e. The van der Waals surface area contributed by atoms with Gasteiger partial charge in [-0.2, -0.15) is 0 Å². The number of furan rings is 1. The summed E-state index contributed by atoms with van der Waals surface area (Å²) in [5, 5.41) is 4.64. The van der Waals surface area contributed by atoms with Crippen LogP contribution in [0.15, 0.2) is 47.1 Å². The van der Waals surface area contributed by atoms with Gasteiger partial charge in [0.05, 0.1) is 11.8 Å². The molecule has 0 bridgehead atoms. The second kappa shape index (κ2) is 6.63. The molecule has 0 saturated heterocycles. The van der Waals surface area contributed by atoms with E-state index in [0.717, 1.165) is 31.4 Å². The van der Waals surface area contributed by atoms with Crippen LogP contribution in [0.2, 0.25) is 0 Å². The number of nitrogens with one attached hydrogen (secondary N) is 2. The maximum Gasteiger partial charge on any atom is 0.276 e. The SMILES string of the molecule is O=C(NN1C(=O)c2ccccc2NC1c1ccco1)C1CCCCC1. The minimum Gasteiger partial charge on any atom is -0.465 e. The van der Waals surface area contributed by atoms with Gasteiger partial charge >= 0.3 is 0 Å². The number of benzene rings is 1. The van der Waals surface area contributed by atoms with Crippen LogP contribution in [-0.4, -0.2) is 16.8 Å². The molecule has 1 aromatic heterocycles. The summed E-state index contributed by atoms with van der Waals surface area (Å²) in [4.78, 5) is 25.6. The van der Waals surface area contributed by atoms with Gasteiger partial charge in [0.2, 0.25) is 5.91 Å². The summed E-state index contributed by atoms with van der Waals surface area (Å²) < 4.78 is 5.49. The Kier molecular flexibility index (Phi) is 4.17. The predicted octanol–water partition coefficient (Wildman–Crippen LogP) is 3.46. The second-order valence-corrected chi connectivity index (χ2v) is 6.59. The highest BCUT2D eigenvalue weighted by Gasteiger charge is 2.36. The minimum absolute atomic E-state index is 0.0315. The van der Waals surface area contributed by atoms with E-state index in [1.807, 2.05) is 18.2 Å². The van der Waals surface area contributed by atoms with Gasteiger partial charge in [-0.05, 0) is 37.1 Å². The number of rotatable bonds is 3. The zero-order chi connectivity index (χ0) is 17.2. The number of hydrazine groups is 1. The minimum atomic E-state index is -0.565. The van der Waals surface area contributed by atoms with Gasteiger partial charge < -0.3 is 9.73 Å². The summed E-state index contributed by atoms with van der Waals surface area (Å²) in [6.45, 7) is 0. The molecule has 2 amide bonds. The van der Waals surface area contributed by atoms with Crippen molar-refractivity contribution in [2.45, 2.75) is 38.3 Å². The number of fused-ring (bicyclic) bond motifs is 1. The summed E-state index contributed by atoms with van der Waals surface area (Å²) >= 11 is 0. The zero-order valence-corrected chi connectivity index (χ0v) is 13.9. The lowest BCUT2D eigenvalue weighted by molar-refractivity contribution is -0.130. The summed E-state index contributed by atoms with van der Waals surface area (Å²) in [5.41, 5.74) is 4.11. The van der Waals surface area contributed by atoms with Crippen LogP contribution in [0, 0.1) is 5.92 Å². The Balaban J connectivity index is 1.62. The Labute approximate surface area is 146 Å². The first-order valence-corrected chi connectivity index (χ1v) is 8.77. The van der Waals surface area contributed by atoms with Gasteiger partial charge in [-0.15, -0.1) is 0 Å². The van der Waals surface area contributed by atoms with Gasteiger partial charge in [-0.3, -0.25) is 15.0 Å². The van der Waals surface area contributed by atoms with Crippen LogP contribution < -0.4 is 10.7 Å². The number of carbonyl (C=O) groups is 2. The summed E-state index contributed by atoms with van der Waals surface area (Å²) in [6.07, 6.45) is 6.06. The molecule has 2 aromatic rings. The van der Waals surface area contributed by atoms with E-state index < -0.39 is 6.17 Å². The van der Waals surface area contributed by atoms with E-state index >= 15 is 0 Å². The third kappa shape index (κ3) is 2.99. The molecule has 1 saturated carbocycles. The molecule has 1 aliphatic carbocycles. The van der Waals surface area contributed by atoms with E-state index in [1.165, 1.54) is 11.4 Å². The van der Waals surface area contributed by atoms with Crippen LogP contribution in [0.5, 0.6) is 0 Å². The summed E-state index contributed by atoms with van der Waals surface area (Å²) in [6, 6.07) is 10.8. The molecule has 4 rings (SSSR count). The molecule has 2 aliphatic rings. The smallest absolute Gasteiger partial charge is 0.276 e. The Bertz CT molecular complexity index is 766. The van der Waals surface area contributed by atoms with Crippen molar-refractivity contribution in [2.75, 3.05) is 5.32 Å². The molecule has 130 valence electrons. The normalized spacial score (nSPS) is 20.7. The molecule has 2 N–H and O–H groups in total. The lowest BCUT2D eigenvalue weighted by Gasteiger charge is -2.37. The van der Waals surface area contributed by atoms with Crippen LogP contribution in [-0.2, 0) is 4.79 Å². The van der Waals surface area contributed by atoms with Crippen LogP contribution >= 0.6 is 0 Å². The molecule has 1 aliphatic heterocycles. The highest BCUT2D eigenvalue weighted by Crippen LogP contribution is 2.32. The molecule has 6 nitrogen and oxygen atoms in total. The quantitative estimate of drug-likeness (QED) is 0.898. The van der Waals surface area contributed by atoms with Gasteiger partial charge in [0.1, 0.15) is 5.76 Å². The average Bonchev–Trinajstić information content (AvgIpc) is 3.19. The Morgan fingerprint density at radius 3 is 2.68 bits per heavy atom. The number of para-hydroxylation sites is 1. The van der Waals surface area contributed by atoms with Crippen molar-refractivity contribution in [1.82, 2.24) is 10.4 Å².